The largest absolute Gasteiger partial charge is 0.456 e. The van der Waals surface area contributed by atoms with Crippen LogP contribution in [-0.2, 0) is 24.3 Å². The Morgan fingerprint density at radius 1 is 1.15 bits per heavy atom. The number of rotatable bonds is 7. The highest BCUT2D eigenvalue weighted by atomic mass is 32.2. The molecule has 2 rings (SSSR count). The van der Waals surface area contributed by atoms with Crippen LogP contribution < -0.4 is 5.32 Å². The van der Waals surface area contributed by atoms with E-state index in [1.54, 1.807) is 0 Å². The second-order valence-corrected chi connectivity index (χ2v) is 9.19. The molecule has 1 amide bonds. The normalized spacial score (nSPS) is 20.9. The van der Waals surface area contributed by atoms with Crippen LogP contribution >= 0.6 is 0 Å². The average molecular weight is 397 g/mol. The molecule has 1 aromatic rings. The van der Waals surface area contributed by atoms with Crippen LogP contribution in [0.2, 0.25) is 0 Å². The van der Waals surface area contributed by atoms with Gasteiger partial charge in [-0.2, -0.15) is 4.31 Å². The van der Waals surface area contributed by atoms with Crippen molar-refractivity contribution in [2.75, 3.05) is 25.0 Å². The molecule has 0 radical (unpaired) electrons. The van der Waals surface area contributed by atoms with Gasteiger partial charge in [-0.25, -0.2) is 8.42 Å². The third-order valence-electron chi connectivity index (χ3n) is 4.43. The number of carbonyl (C=O) groups is 2. The maximum Gasteiger partial charge on any atom is 0.306 e. The van der Waals surface area contributed by atoms with E-state index in [2.05, 4.69) is 19.2 Å². The molecular weight excluding hydrogens is 368 g/mol. The van der Waals surface area contributed by atoms with Gasteiger partial charge in [-0.15, -0.1) is 0 Å². The van der Waals surface area contributed by atoms with Gasteiger partial charge in [0.25, 0.3) is 5.91 Å². The predicted octanol–water partition coefficient (Wildman–Crippen LogP) is 2.64. The summed E-state index contributed by atoms with van der Waals surface area (Å²) in [6, 6.07) is 6.04. The second kappa shape index (κ2) is 9.32. The van der Waals surface area contributed by atoms with Gasteiger partial charge in [0.1, 0.15) is 0 Å². The molecule has 0 unspecified atom stereocenters. The van der Waals surface area contributed by atoms with Crippen LogP contribution in [0.3, 0.4) is 0 Å². The van der Waals surface area contributed by atoms with Crippen molar-refractivity contribution < 1.29 is 22.7 Å². The Morgan fingerprint density at radius 3 is 2.30 bits per heavy atom. The molecule has 1 saturated heterocycles. The molecule has 1 N–H and O–H groups in total. The molecule has 2 atom stereocenters. The van der Waals surface area contributed by atoms with Gasteiger partial charge in [-0.1, -0.05) is 20.8 Å². The standard InChI is InChI=1S/C19H28N2O5S/c1-4-5-19(23)26-13-18(22)20-16-6-8-17(9-7-16)27(24,25)21-11-14(2)10-15(3)12-21/h6-9,14-15H,4-5,10-13H2,1-3H3,(H,20,22)/t14-,15-/m1/s1. The van der Waals surface area contributed by atoms with Crippen LogP contribution in [0.1, 0.15) is 40.0 Å². The minimum absolute atomic E-state index is 0.205. The molecule has 8 heteroatoms. The molecule has 0 spiro atoms. The van der Waals surface area contributed by atoms with Gasteiger partial charge in [0.05, 0.1) is 4.90 Å². The molecule has 0 aliphatic carbocycles. The number of anilines is 1. The smallest absolute Gasteiger partial charge is 0.306 e. The van der Waals surface area contributed by atoms with Crippen molar-refractivity contribution in [3.63, 3.8) is 0 Å². The zero-order valence-corrected chi connectivity index (χ0v) is 16.9. The van der Waals surface area contributed by atoms with Crippen molar-refractivity contribution >= 4 is 27.6 Å². The first kappa shape index (κ1) is 21.4. The number of hydrogen-bond acceptors (Lipinski definition) is 5. The Bertz CT molecular complexity index is 751. The highest BCUT2D eigenvalue weighted by molar-refractivity contribution is 7.89. The molecule has 0 bridgehead atoms. The predicted molar refractivity (Wildman–Crippen MR) is 103 cm³/mol. The number of sulfonamides is 1. The molecule has 1 fully saturated rings. The summed E-state index contributed by atoms with van der Waals surface area (Å²) in [7, 11) is -3.55. The maximum atomic E-state index is 12.8. The fourth-order valence-corrected chi connectivity index (χ4v) is 4.96. The molecule has 27 heavy (non-hydrogen) atoms. The number of amides is 1. The lowest BCUT2D eigenvalue weighted by atomic mass is 9.94. The summed E-state index contributed by atoms with van der Waals surface area (Å²) in [5.74, 6) is -0.220. The monoisotopic (exact) mass is 396 g/mol. The third-order valence-corrected chi connectivity index (χ3v) is 6.28. The lowest BCUT2D eigenvalue weighted by Crippen LogP contribution is -2.42. The van der Waals surface area contributed by atoms with Crippen molar-refractivity contribution in [1.82, 2.24) is 4.31 Å². The highest BCUT2D eigenvalue weighted by Crippen LogP contribution is 2.27. The highest BCUT2D eigenvalue weighted by Gasteiger charge is 2.31. The Kier molecular flexibility index (Phi) is 7.38. The fraction of sp³-hybridized carbons (Fsp3) is 0.579. The van der Waals surface area contributed by atoms with Crippen molar-refractivity contribution in [2.24, 2.45) is 11.8 Å². The number of carbonyl (C=O) groups excluding carboxylic acids is 2. The van der Waals surface area contributed by atoms with Crippen LogP contribution in [0.15, 0.2) is 29.2 Å². The van der Waals surface area contributed by atoms with Gasteiger partial charge >= 0.3 is 5.97 Å². The fourth-order valence-electron chi connectivity index (χ4n) is 3.28. The van der Waals surface area contributed by atoms with Crippen LogP contribution in [-0.4, -0.2) is 44.3 Å². The lowest BCUT2D eigenvalue weighted by molar-refractivity contribution is -0.147. The number of hydrogen-bond donors (Lipinski definition) is 1. The Labute approximate surface area is 161 Å². The van der Waals surface area contributed by atoms with E-state index in [0.29, 0.717) is 37.0 Å². The lowest BCUT2D eigenvalue weighted by Gasteiger charge is -2.34. The minimum Gasteiger partial charge on any atom is -0.456 e. The molecule has 1 aliphatic heterocycles. The van der Waals surface area contributed by atoms with E-state index in [4.69, 9.17) is 4.74 Å². The number of benzene rings is 1. The van der Waals surface area contributed by atoms with E-state index in [0.717, 1.165) is 6.42 Å². The summed E-state index contributed by atoms with van der Waals surface area (Å²) in [5, 5.41) is 2.59. The first-order valence-corrected chi connectivity index (χ1v) is 10.7. The van der Waals surface area contributed by atoms with E-state index in [9.17, 15) is 18.0 Å². The number of esters is 1. The van der Waals surface area contributed by atoms with E-state index >= 15 is 0 Å². The summed E-state index contributed by atoms with van der Waals surface area (Å²) in [6.45, 7) is 6.65. The van der Waals surface area contributed by atoms with Crippen LogP contribution in [0.4, 0.5) is 5.69 Å². The van der Waals surface area contributed by atoms with Crippen molar-refractivity contribution in [3.05, 3.63) is 24.3 Å². The van der Waals surface area contributed by atoms with Gasteiger partial charge in [0.15, 0.2) is 6.61 Å². The zero-order chi connectivity index (χ0) is 20.0. The molecule has 1 aliphatic rings. The molecule has 1 heterocycles. The number of piperidine rings is 1. The number of nitrogens with zero attached hydrogens (tertiary/aromatic N) is 1. The molecule has 7 nitrogen and oxygen atoms in total. The first-order chi connectivity index (χ1) is 12.7. The van der Waals surface area contributed by atoms with Gasteiger partial charge < -0.3 is 10.1 Å². The molecule has 150 valence electrons. The summed E-state index contributed by atoms with van der Waals surface area (Å²) >= 11 is 0. The van der Waals surface area contributed by atoms with Gasteiger partial charge in [0.2, 0.25) is 10.0 Å². The van der Waals surface area contributed by atoms with E-state index in [1.165, 1.54) is 28.6 Å². The number of nitrogens with one attached hydrogen (secondary N) is 1. The summed E-state index contributed by atoms with van der Waals surface area (Å²) in [6.07, 6.45) is 1.96. The Morgan fingerprint density at radius 2 is 1.74 bits per heavy atom. The number of ether oxygens (including phenoxy) is 1. The summed E-state index contributed by atoms with van der Waals surface area (Å²) < 4.78 is 32.0. The van der Waals surface area contributed by atoms with E-state index in [-0.39, 0.29) is 17.9 Å². The average Bonchev–Trinajstić information content (AvgIpc) is 2.60. The second-order valence-electron chi connectivity index (χ2n) is 7.25. The van der Waals surface area contributed by atoms with Crippen LogP contribution in [0.5, 0.6) is 0 Å². The zero-order valence-electron chi connectivity index (χ0n) is 16.1. The summed E-state index contributed by atoms with van der Waals surface area (Å²) in [4.78, 5) is 23.3. The topological polar surface area (TPSA) is 92.8 Å². The van der Waals surface area contributed by atoms with E-state index < -0.39 is 21.9 Å². The quantitative estimate of drug-likeness (QED) is 0.715. The van der Waals surface area contributed by atoms with Crippen LogP contribution in [0, 0.1) is 11.8 Å². The molecule has 0 saturated carbocycles. The minimum atomic E-state index is -3.55. The maximum absolute atomic E-state index is 12.8. The van der Waals surface area contributed by atoms with Crippen molar-refractivity contribution in [1.29, 1.82) is 0 Å². The molecule has 1 aromatic carbocycles. The van der Waals surface area contributed by atoms with Crippen molar-refractivity contribution in [2.45, 2.75) is 44.9 Å². The third kappa shape index (κ3) is 6.04. The van der Waals surface area contributed by atoms with Crippen LogP contribution in [0.25, 0.3) is 0 Å². The first-order valence-electron chi connectivity index (χ1n) is 9.28. The SMILES string of the molecule is CCCC(=O)OCC(=O)Nc1ccc(S(=O)(=O)N2C[C@H](C)C[C@@H](C)C2)cc1. The van der Waals surface area contributed by atoms with Crippen molar-refractivity contribution in [3.8, 4) is 0 Å². The molecule has 0 aromatic heterocycles. The summed E-state index contributed by atoms with van der Waals surface area (Å²) in [5.41, 5.74) is 0.450. The van der Waals surface area contributed by atoms with E-state index in [1.807, 2.05) is 6.92 Å². The Balaban J connectivity index is 1.97. The van der Waals surface area contributed by atoms with Gasteiger partial charge in [-0.3, -0.25) is 9.59 Å². The van der Waals surface area contributed by atoms with Gasteiger partial charge in [-0.05, 0) is 48.9 Å². The molecular formula is C19H28N2O5S. The Hall–Kier alpha value is -1.93. The van der Waals surface area contributed by atoms with Gasteiger partial charge in [0, 0.05) is 25.2 Å².